The van der Waals surface area contributed by atoms with Crippen molar-refractivity contribution in [2.45, 2.75) is 51.1 Å². The molecule has 2 saturated heterocycles. The fraction of sp³-hybridized carbons (Fsp3) is 0.560. The molecule has 0 bridgehead atoms. The lowest BCUT2D eigenvalue weighted by Crippen LogP contribution is -2.33. The Kier molecular flexibility index (Phi) is 6.07. The summed E-state index contributed by atoms with van der Waals surface area (Å²) < 4.78 is 19.8. The number of nitriles is 1. The monoisotopic (exact) mass is 435 g/mol. The van der Waals surface area contributed by atoms with Crippen LogP contribution in [0.2, 0.25) is 0 Å². The van der Waals surface area contributed by atoms with Crippen molar-refractivity contribution < 1.29 is 9.13 Å². The first-order valence-corrected chi connectivity index (χ1v) is 11.7. The van der Waals surface area contributed by atoms with Crippen LogP contribution < -0.4 is 10.6 Å². The predicted molar refractivity (Wildman–Crippen MR) is 120 cm³/mol. The molecule has 5 rings (SSSR count). The molecule has 3 aliphatic rings. The SMILES string of the molecule is Cc1c(-c2ccccc2F)nnc(N[C@H]2C[C@@H]3CN[C@@H](CC4CCOCC4)[C@H]3C2)c1C#N. The van der Waals surface area contributed by atoms with Gasteiger partial charge in [-0.15, -0.1) is 10.2 Å². The van der Waals surface area contributed by atoms with E-state index >= 15 is 0 Å². The van der Waals surface area contributed by atoms with Crippen molar-refractivity contribution in [3.05, 3.63) is 41.2 Å². The molecule has 4 atom stereocenters. The predicted octanol–water partition coefficient (Wildman–Crippen LogP) is 4.06. The molecular formula is C25H30FN5O. The molecule has 0 amide bonds. The Hall–Kier alpha value is -2.56. The summed E-state index contributed by atoms with van der Waals surface area (Å²) in [4.78, 5) is 0. The average molecular weight is 436 g/mol. The van der Waals surface area contributed by atoms with Gasteiger partial charge in [-0.1, -0.05) is 12.1 Å². The lowest BCUT2D eigenvalue weighted by molar-refractivity contribution is 0.0594. The molecule has 3 fully saturated rings. The first kappa shape index (κ1) is 21.3. The van der Waals surface area contributed by atoms with Crippen LogP contribution in [-0.2, 0) is 4.74 Å². The number of halogens is 1. The van der Waals surface area contributed by atoms with Gasteiger partial charge in [0.05, 0.1) is 0 Å². The van der Waals surface area contributed by atoms with Crippen molar-refractivity contribution >= 4 is 5.82 Å². The zero-order chi connectivity index (χ0) is 22.1. The van der Waals surface area contributed by atoms with E-state index in [-0.39, 0.29) is 11.9 Å². The van der Waals surface area contributed by atoms with Gasteiger partial charge in [0.1, 0.15) is 23.1 Å². The molecule has 32 heavy (non-hydrogen) atoms. The standard InChI is InChI=1S/C25H30FN5O/c1-15-21(13-27)25(31-30-24(15)19-4-2-3-5-22(19)26)29-18-11-17-14-28-23(20(17)12-18)10-16-6-8-32-9-7-16/h2-5,16-18,20,23,28H,6-12,14H2,1H3,(H,29,31)/t17-,18+,20+,23+/m1/s1. The summed E-state index contributed by atoms with van der Waals surface area (Å²) in [5.74, 6) is 2.24. The van der Waals surface area contributed by atoms with Crippen LogP contribution in [0.1, 0.15) is 43.2 Å². The van der Waals surface area contributed by atoms with Gasteiger partial charge in [0.15, 0.2) is 5.82 Å². The van der Waals surface area contributed by atoms with Gasteiger partial charge < -0.3 is 15.4 Å². The molecule has 2 aromatic rings. The normalized spacial score (nSPS) is 27.8. The van der Waals surface area contributed by atoms with E-state index in [4.69, 9.17) is 4.74 Å². The molecule has 6 nitrogen and oxygen atoms in total. The highest BCUT2D eigenvalue weighted by Gasteiger charge is 2.44. The lowest BCUT2D eigenvalue weighted by atomic mass is 9.85. The summed E-state index contributed by atoms with van der Waals surface area (Å²) in [7, 11) is 0. The highest BCUT2D eigenvalue weighted by Crippen LogP contribution is 2.42. The maximum Gasteiger partial charge on any atom is 0.167 e. The fourth-order valence-corrected chi connectivity index (χ4v) is 5.92. The molecule has 0 spiro atoms. The van der Waals surface area contributed by atoms with E-state index in [9.17, 15) is 9.65 Å². The molecule has 1 aromatic carbocycles. The number of benzene rings is 1. The molecule has 0 unspecified atom stereocenters. The van der Waals surface area contributed by atoms with Crippen molar-refractivity contribution in [3.63, 3.8) is 0 Å². The minimum absolute atomic E-state index is 0.282. The Balaban J connectivity index is 1.29. The van der Waals surface area contributed by atoms with Crippen LogP contribution in [0.15, 0.2) is 24.3 Å². The van der Waals surface area contributed by atoms with Crippen LogP contribution in [-0.4, -0.2) is 42.0 Å². The highest BCUT2D eigenvalue weighted by molar-refractivity contribution is 5.69. The lowest BCUT2D eigenvalue weighted by Gasteiger charge is -2.27. The summed E-state index contributed by atoms with van der Waals surface area (Å²) in [6.07, 6.45) is 5.73. The van der Waals surface area contributed by atoms with Crippen LogP contribution in [0.5, 0.6) is 0 Å². The molecule has 0 radical (unpaired) electrons. The number of hydrogen-bond donors (Lipinski definition) is 2. The minimum atomic E-state index is -0.360. The third kappa shape index (κ3) is 4.10. The second-order valence-corrected chi connectivity index (χ2v) is 9.53. The van der Waals surface area contributed by atoms with Gasteiger partial charge in [0.2, 0.25) is 0 Å². The zero-order valence-corrected chi connectivity index (χ0v) is 18.5. The maximum absolute atomic E-state index is 14.3. The van der Waals surface area contributed by atoms with Gasteiger partial charge in [-0.05, 0) is 81.0 Å². The first-order chi connectivity index (χ1) is 15.6. The van der Waals surface area contributed by atoms with Gasteiger partial charge in [0, 0.05) is 30.9 Å². The molecule has 3 heterocycles. The number of aromatic nitrogens is 2. The van der Waals surface area contributed by atoms with Gasteiger partial charge in [0.25, 0.3) is 0 Å². The van der Waals surface area contributed by atoms with Crippen LogP contribution in [0.25, 0.3) is 11.3 Å². The van der Waals surface area contributed by atoms with E-state index in [1.54, 1.807) is 18.2 Å². The van der Waals surface area contributed by atoms with Crippen molar-refractivity contribution in [3.8, 4) is 17.3 Å². The quantitative estimate of drug-likeness (QED) is 0.737. The smallest absolute Gasteiger partial charge is 0.167 e. The molecule has 7 heteroatoms. The molecule has 168 valence electrons. The molecule has 1 aliphatic carbocycles. The number of fused-ring (bicyclic) bond motifs is 1. The number of nitrogens with zero attached hydrogens (tertiary/aromatic N) is 3. The largest absolute Gasteiger partial charge is 0.381 e. The fourth-order valence-electron chi connectivity index (χ4n) is 5.92. The highest BCUT2D eigenvalue weighted by atomic mass is 19.1. The third-order valence-corrected chi connectivity index (χ3v) is 7.64. The minimum Gasteiger partial charge on any atom is -0.381 e. The van der Waals surface area contributed by atoms with Crippen molar-refractivity contribution in [1.82, 2.24) is 15.5 Å². The van der Waals surface area contributed by atoms with Crippen LogP contribution in [0.4, 0.5) is 10.2 Å². The number of hydrogen-bond acceptors (Lipinski definition) is 6. The summed E-state index contributed by atoms with van der Waals surface area (Å²) in [6.45, 7) is 4.68. The summed E-state index contributed by atoms with van der Waals surface area (Å²) in [6, 6.07) is 9.60. The molecule has 2 aliphatic heterocycles. The second-order valence-electron chi connectivity index (χ2n) is 9.53. The summed E-state index contributed by atoms with van der Waals surface area (Å²) in [5, 5.41) is 25.7. The maximum atomic E-state index is 14.3. The van der Waals surface area contributed by atoms with Crippen LogP contribution in [0.3, 0.4) is 0 Å². The van der Waals surface area contributed by atoms with E-state index in [1.807, 2.05) is 6.92 Å². The van der Waals surface area contributed by atoms with E-state index in [0.717, 1.165) is 38.5 Å². The van der Waals surface area contributed by atoms with Crippen LogP contribution >= 0.6 is 0 Å². The number of anilines is 1. The van der Waals surface area contributed by atoms with Crippen molar-refractivity contribution in [2.24, 2.45) is 17.8 Å². The Morgan fingerprint density at radius 2 is 2.03 bits per heavy atom. The summed E-state index contributed by atoms with van der Waals surface area (Å²) >= 11 is 0. The average Bonchev–Trinajstić information content (AvgIpc) is 3.37. The molecular weight excluding hydrogens is 405 g/mol. The summed E-state index contributed by atoms with van der Waals surface area (Å²) in [5.41, 5.74) is 1.91. The molecule has 2 N–H and O–H groups in total. The second kappa shape index (κ2) is 9.13. The van der Waals surface area contributed by atoms with E-state index in [1.165, 1.54) is 25.3 Å². The number of rotatable bonds is 5. The van der Waals surface area contributed by atoms with E-state index < -0.39 is 0 Å². The number of ether oxygens (including phenoxy) is 1. The Bertz CT molecular complexity index is 1020. The van der Waals surface area contributed by atoms with Gasteiger partial charge >= 0.3 is 0 Å². The Labute approximate surface area is 188 Å². The first-order valence-electron chi connectivity index (χ1n) is 11.7. The molecule has 1 aromatic heterocycles. The Morgan fingerprint density at radius 3 is 2.81 bits per heavy atom. The van der Waals surface area contributed by atoms with Gasteiger partial charge in [-0.3, -0.25) is 0 Å². The van der Waals surface area contributed by atoms with Crippen molar-refractivity contribution in [1.29, 1.82) is 5.26 Å². The third-order valence-electron chi connectivity index (χ3n) is 7.64. The Morgan fingerprint density at radius 1 is 1.22 bits per heavy atom. The zero-order valence-electron chi connectivity index (χ0n) is 18.5. The molecule has 1 saturated carbocycles. The topological polar surface area (TPSA) is 82.9 Å². The number of nitrogens with one attached hydrogen (secondary N) is 2. The van der Waals surface area contributed by atoms with E-state index in [2.05, 4.69) is 26.9 Å². The van der Waals surface area contributed by atoms with Crippen LogP contribution in [0, 0.1) is 41.8 Å². The van der Waals surface area contributed by atoms with Crippen molar-refractivity contribution in [2.75, 3.05) is 25.1 Å². The van der Waals surface area contributed by atoms with E-state index in [0.29, 0.717) is 46.1 Å². The van der Waals surface area contributed by atoms with Gasteiger partial charge in [-0.2, -0.15) is 5.26 Å². The van der Waals surface area contributed by atoms with Gasteiger partial charge in [-0.25, -0.2) is 4.39 Å².